The van der Waals surface area contributed by atoms with Gasteiger partial charge in [-0.2, -0.15) is 0 Å². The lowest BCUT2D eigenvalue weighted by Crippen LogP contribution is -2.66. The maximum atomic E-state index is 13.3. The van der Waals surface area contributed by atoms with Crippen LogP contribution >= 0.6 is 0 Å². The van der Waals surface area contributed by atoms with Crippen molar-refractivity contribution in [1.82, 2.24) is 5.32 Å². The van der Waals surface area contributed by atoms with Gasteiger partial charge in [0.15, 0.2) is 18.9 Å². The minimum absolute atomic E-state index is 0.242. The first-order chi connectivity index (χ1) is 34.3. The van der Waals surface area contributed by atoms with Crippen LogP contribution in [-0.2, 0) is 33.2 Å². The van der Waals surface area contributed by atoms with Gasteiger partial charge in [-0.15, -0.1) is 0 Å². The molecular weight excluding hydrogens is 927 g/mol. The molecular formula is C52H99NO18. The predicted molar refractivity (Wildman–Crippen MR) is 264 cm³/mol. The third-order valence-corrected chi connectivity index (χ3v) is 14.4. The van der Waals surface area contributed by atoms with E-state index in [1.807, 2.05) is 0 Å². The normalized spacial score (nSPS) is 32.2. The van der Waals surface area contributed by atoms with E-state index in [1.54, 1.807) is 0 Å². The van der Waals surface area contributed by atoms with Crippen molar-refractivity contribution >= 4 is 5.91 Å². The molecule has 17 atom stereocenters. The molecule has 19 heteroatoms. The minimum Gasteiger partial charge on any atom is -0.394 e. The summed E-state index contributed by atoms with van der Waals surface area (Å²) in [5, 5.41) is 120. The van der Waals surface area contributed by atoms with Crippen LogP contribution in [0.2, 0.25) is 0 Å². The maximum Gasteiger partial charge on any atom is 0.220 e. The Bertz CT molecular complexity index is 1320. The van der Waals surface area contributed by atoms with Gasteiger partial charge >= 0.3 is 0 Å². The van der Waals surface area contributed by atoms with Crippen molar-refractivity contribution in [1.29, 1.82) is 0 Å². The van der Waals surface area contributed by atoms with Crippen LogP contribution in [0.4, 0.5) is 0 Å². The molecule has 71 heavy (non-hydrogen) atoms. The standard InChI is InChI=1S/C52H99NO18/c1-3-5-7-9-11-13-15-17-19-21-23-25-27-29-36(57)35(53-40(58)30-28-26-24-22-20-18-16-14-12-10-8-6-4-2)34-66-50-46(64)43(61)48(38(32-55)68-50)71-52-47(65)44(62)49(39(33-56)69-52)70-51-45(63)42(60)41(59)37(31-54)67-51/h35-39,41-52,54-57,59-65H,3-34H2,1-2H3,(H,53,58). The van der Waals surface area contributed by atoms with Crippen molar-refractivity contribution < 1.29 is 89.4 Å². The first-order valence-electron chi connectivity index (χ1n) is 27.8. The van der Waals surface area contributed by atoms with Crippen LogP contribution in [0, 0.1) is 0 Å². The second-order valence-electron chi connectivity index (χ2n) is 20.4. The number of hydrogen-bond acceptors (Lipinski definition) is 18. The third kappa shape index (κ3) is 22.9. The lowest BCUT2D eigenvalue weighted by molar-refractivity contribution is -0.379. The summed E-state index contributed by atoms with van der Waals surface area (Å²) in [4.78, 5) is 13.3. The Hall–Kier alpha value is -1.21. The van der Waals surface area contributed by atoms with Gasteiger partial charge in [0.05, 0.1) is 38.6 Å². The largest absolute Gasteiger partial charge is 0.394 e. The van der Waals surface area contributed by atoms with Crippen LogP contribution in [0.25, 0.3) is 0 Å². The van der Waals surface area contributed by atoms with Crippen LogP contribution < -0.4 is 5.32 Å². The number of unbranched alkanes of at least 4 members (excludes halogenated alkanes) is 24. The summed E-state index contributed by atoms with van der Waals surface area (Å²) >= 11 is 0. The highest BCUT2D eigenvalue weighted by molar-refractivity contribution is 5.76. The van der Waals surface area contributed by atoms with E-state index in [4.69, 9.17) is 28.4 Å². The smallest absolute Gasteiger partial charge is 0.220 e. The van der Waals surface area contributed by atoms with E-state index in [-0.39, 0.29) is 18.9 Å². The Balaban J connectivity index is 1.53. The van der Waals surface area contributed by atoms with Gasteiger partial charge in [0.25, 0.3) is 0 Å². The number of ether oxygens (including phenoxy) is 6. The molecule has 12 N–H and O–H groups in total. The summed E-state index contributed by atoms with van der Waals surface area (Å²) in [6.45, 7) is 1.77. The van der Waals surface area contributed by atoms with Crippen molar-refractivity contribution in [3.8, 4) is 0 Å². The van der Waals surface area contributed by atoms with Crippen molar-refractivity contribution in [2.45, 2.75) is 298 Å². The van der Waals surface area contributed by atoms with Gasteiger partial charge < -0.3 is 89.9 Å². The average molecular weight is 1030 g/mol. The Morgan fingerprint density at radius 3 is 1.23 bits per heavy atom. The quantitative estimate of drug-likeness (QED) is 0.0392. The number of hydrogen-bond donors (Lipinski definition) is 12. The van der Waals surface area contributed by atoms with Crippen LogP contribution in [0.3, 0.4) is 0 Å². The summed E-state index contributed by atoms with van der Waals surface area (Å²) in [6.07, 6.45) is 4.83. The molecule has 3 heterocycles. The van der Waals surface area contributed by atoms with Crippen LogP contribution in [0.1, 0.15) is 194 Å². The van der Waals surface area contributed by atoms with Gasteiger partial charge in [0.1, 0.15) is 73.2 Å². The molecule has 3 rings (SSSR count). The number of amides is 1. The number of aliphatic hydroxyl groups is 11. The fraction of sp³-hybridized carbons (Fsp3) is 0.981. The SMILES string of the molecule is CCCCCCCCCCCCCCCC(=O)NC(COC1OC(CO)C(OC2OC(CO)C(OC3OC(CO)C(O)C(O)C3O)C(O)C2O)C(O)C1O)C(O)CCCCCCCCCCCCCCC. The zero-order chi connectivity index (χ0) is 52.0. The summed E-state index contributed by atoms with van der Waals surface area (Å²) in [5.74, 6) is -0.242. The molecule has 0 aliphatic carbocycles. The third-order valence-electron chi connectivity index (χ3n) is 14.4. The van der Waals surface area contributed by atoms with Crippen molar-refractivity contribution in [3.63, 3.8) is 0 Å². The van der Waals surface area contributed by atoms with Gasteiger partial charge in [0.2, 0.25) is 5.91 Å². The van der Waals surface area contributed by atoms with Gasteiger partial charge in [0, 0.05) is 6.42 Å². The number of aliphatic hydroxyl groups excluding tert-OH is 11. The molecule has 3 saturated heterocycles. The van der Waals surface area contributed by atoms with E-state index in [9.17, 15) is 61.0 Å². The fourth-order valence-corrected chi connectivity index (χ4v) is 9.78. The Kier molecular flexibility index (Phi) is 33.9. The average Bonchev–Trinajstić information content (AvgIpc) is 3.36. The van der Waals surface area contributed by atoms with Gasteiger partial charge in [-0.05, 0) is 12.8 Å². The second-order valence-corrected chi connectivity index (χ2v) is 20.4. The highest BCUT2D eigenvalue weighted by Crippen LogP contribution is 2.33. The summed E-state index contributed by atoms with van der Waals surface area (Å²) < 4.78 is 34.2. The summed E-state index contributed by atoms with van der Waals surface area (Å²) in [7, 11) is 0. The summed E-state index contributed by atoms with van der Waals surface area (Å²) in [6, 6.07) is -0.878. The second kappa shape index (κ2) is 37.5. The molecule has 19 nitrogen and oxygen atoms in total. The first-order valence-corrected chi connectivity index (χ1v) is 27.8. The minimum atomic E-state index is -1.97. The van der Waals surface area contributed by atoms with Gasteiger partial charge in [-0.3, -0.25) is 4.79 Å². The van der Waals surface area contributed by atoms with E-state index < -0.39 is 124 Å². The van der Waals surface area contributed by atoms with Crippen molar-refractivity contribution in [3.05, 3.63) is 0 Å². The summed E-state index contributed by atoms with van der Waals surface area (Å²) in [5.41, 5.74) is 0. The van der Waals surface area contributed by atoms with Crippen molar-refractivity contribution in [2.24, 2.45) is 0 Å². The predicted octanol–water partition coefficient (Wildman–Crippen LogP) is 3.26. The van der Waals surface area contributed by atoms with Gasteiger partial charge in [-0.1, -0.05) is 174 Å². The highest BCUT2D eigenvalue weighted by Gasteiger charge is 2.53. The van der Waals surface area contributed by atoms with Crippen molar-refractivity contribution in [2.75, 3.05) is 26.4 Å². The number of nitrogens with one attached hydrogen (secondary N) is 1. The number of carbonyl (C=O) groups is 1. The van der Waals surface area contributed by atoms with E-state index in [0.29, 0.717) is 12.8 Å². The lowest BCUT2D eigenvalue weighted by atomic mass is 9.96. The van der Waals surface area contributed by atoms with Crippen LogP contribution in [0.5, 0.6) is 0 Å². The van der Waals surface area contributed by atoms with E-state index in [2.05, 4.69) is 19.2 Å². The molecule has 0 spiro atoms. The maximum absolute atomic E-state index is 13.3. The molecule has 17 unspecified atom stereocenters. The van der Waals surface area contributed by atoms with Crippen LogP contribution in [-0.4, -0.2) is 193 Å². The van der Waals surface area contributed by atoms with E-state index in [0.717, 1.165) is 44.9 Å². The Morgan fingerprint density at radius 1 is 0.451 bits per heavy atom. The first kappa shape index (κ1) is 64.1. The van der Waals surface area contributed by atoms with E-state index >= 15 is 0 Å². The van der Waals surface area contributed by atoms with Gasteiger partial charge in [-0.25, -0.2) is 0 Å². The Morgan fingerprint density at radius 2 is 0.803 bits per heavy atom. The molecule has 3 fully saturated rings. The number of carbonyl (C=O) groups excluding carboxylic acids is 1. The molecule has 0 aromatic heterocycles. The lowest BCUT2D eigenvalue weighted by Gasteiger charge is -2.48. The molecule has 0 radical (unpaired) electrons. The zero-order valence-electron chi connectivity index (χ0n) is 43.2. The topological polar surface area (TPSA) is 307 Å². The Labute approximate surface area is 423 Å². The zero-order valence-corrected chi connectivity index (χ0v) is 43.2. The highest BCUT2D eigenvalue weighted by atomic mass is 16.8. The fourth-order valence-electron chi connectivity index (χ4n) is 9.78. The molecule has 420 valence electrons. The van der Waals surface area contributed by atoms with E-state index in [1.165, 1.54) is 116 Å². The molecule has 0 saturated carbocycles. The monoisotopic (exact) mass is 1030 g/mol. The molecule has 1 amide bonds. The molecule has 0 bridgehead atoms. The molecule has 0 aromatic carbocycles. The number of rotatable bonds is 40. The molecule has 3 aliphatic rings. The van der Waals surface area contributed by atoms with Crippen LogP contribution in [0.15, 0.2) is 0 Å². The molecule has 3 aliphatic heterocycles. The molecule has 0 aromatic rings.